The number of hydrogen-bond acceptors (Lipinski definition) is 3. The minimum Gasteiger partial charge on any atom is -0.381 e. The number of aromatic nitrogens is 1. The van der Waals surface area contributed by atoms with E-state index in [0.29, 0.717) is 0 Å². The third-order valence-electron chi connectivity index (χ3n) is 4.13. The summed E-state index contributed by atoms with van der Waals surface area (Å²) in [4.78, 5) is 16.2. The lowest BCUT2D eigenvalue weighted by atomic mass is 10.3. The number of rotatable bonds is 12. The van der Waals surface area contributed by atoms with Crippen LogP contribution < -0.4 is 16.2 Å². The van der Waals surface area contributed by atoms with Crippen LogP contribution in [0.25, 0.3) is 0 Å². The Kier molecular flexibility index (Phi) is 9.12. The average molecular weight is 348 g/mol. The summed E-state index contributed by atoms with van der Waals surface area (Å²) in [6, 6.07) is 5.27. The van der Waals surface area contributed by atoms with Gasteiger partial charge in [0.15, 0.2) is 5.96 Å². The first kappa shape index (κ1) is 19.5. The lowest BCUT2D eigenvalue weighted by molar-refractivity contribution is 0.123. The van der Waals surface area contributed by atoms with Gasteiger partial charge in [-0.05, 0) is 51.0 Å². The topological polar surface area (TPSA) is 67.7 Å². The largest absolute Gasteiger partial charge is 0.381 e. The summed E-state index contributed by atoms with van der Waals surface area (Å²) in [5.41, 5.74) is 0.0641. The van der Waals surface area contributed by atoms with Gasteiger partial charge >= 0.3 is 0 Å². The van der Waals surface area contributed by atoms with E-state index in [1.807, 2.05) is 12.3 Å². The van der Waals surface area contributed by atoms with E-state index in [1.54, 1.807) is 16.7 Å². The molecule has 6 heteroatoms. The van der Waals surface area contributed by atoms with Crippen LogP contribution in [0, 0.1) is 5.92 Å². The molecule has 0 bridgehead atoms. The maximum absolute atomic E-state index is 11.6. The molecule has 2 rings (SSSR count). The number of hydrogen-bond donors (Lipinski definition) is 2. The van der Waals surface area contributed by atoms with Crippen molar-refractivity contribution in [1.82, 2.24) is 15.2 Å². The summed E-state index contributed by atoms with van der Waals surface area (Å²) in [6.07, 6.45) is 7.44. The number of nitrogens with one attached hydrogen (secondary N) is 2. The third kappa shape index (κ3) is 8.72. The summed E-state index contributed by atoms with van der Waals surface area (Å²) >= 11 is 0. The molecule has 0 aromatic carbocycles. The first-order chi connectivity index (χ1) is 12.3. The molecule has 0 atom stereocenters. The zero-order valence-corrected chi connectivity index (χ0v) is 15.4. The van der Waals surface area contributed by atoms with Crippen LogP contribution in [0.3, 0.4) is 0 Å². The summed E-state index contributed by atoms with van der Waals surface area (Å²) in [6.45, 7) is 7.03. The minimum absolute atomic E-state index is 0.0641. The SMILES string of the molecule is CCNC(=NCCCOCC1CC1)NCCCCn1ccccc1=O. The standard InChI is InChI=1S/C19H32N4O2/c1-2-20-19(22-12-7-15-25-16-17-9-10-17)21-11-4-6-14-23-13-5-3-8-18(23)24/h3,5,8,13,17H,2,4,6-7,9-12,14-16H2,1H3,(H2,20,21,22). The van der Waals surface area contributed by atoms with E-state index in [4.69, 9.17) is 4.74 Å². The molecule has 1 aliphatic carbocycles. The lowest BCUT2D eigenvalue weighted by Crippen LogP contribution is -2.38. The van der Waals surface area contributed by atoms with Crippen LogP contribution in [0.1, 0.15) is 39.0 Å². The van der Waals surface area contributed by atoms with E-state index >= 15 is 0 Å². The quantitative estimate of drug-likeness (QED) is 0.344. The first-order valence-corrected chi connectivity index (χ1v) is 9.55. The molecule has 0 saturated heterocycles. The predicted molar refractivity (Wildman–Crippen MR) is 102 cm³/mol. The first-order valence-electron chi connectivity index (χ1n) is 9.55. The molecule has 6 nitrogen and oxygen atoms in total. The van der Waals surface area contributed by atoms with Crippen molar-refractivity contribution < 1.29 is 4.74 Å². The van der Waals surface area contributed by atoms with Gasteiger partial charge in [-0.15, -0.1) is 0 Å². The fourth-order valence-corrected chi connectivity index (χ4v) is 2.49. The van der Waals surface area contributed by atoms with Gasteiger partial charge in [0.05, 0.1) is 0 Å². The Morgan fingerprint density at radius 3 is 2.92 bits per heavy atom. The van der Waals surface area contributed by atoms with E-state index in [-0.39, 0.29) is 5.56 Å². The molecule has 0 aliphatic heterocycles. The number of aryl methyl sites for hydroxylation is 1. The van der Waals surface area contributed by atoms with Crippen molar-refractivity contribution in [1.29, 1.82) is 0 Å². The minimum atomic E-state index is 0.0641. The molecule has 0 radical (unpaired) electrons. The summed E-state index contributed by atoms with van der Waals surface area (Å²) < 4.78 is 7.38. The second-order valence-electron chi connectivity index (χ2n) is 6.50. The molecule has 1 heterocycles. The van der Waals surface area contributed by atoms with E-state index in [0.717, 1.165) is 70.5 Å². The van der Waals surface area contributed by atoms with Gasteiger partial charge in [-0.25, -0.2) is 0 Å². The summed E-state index contributed by atoms with van der Waals surface area (Å²) in [7, 11) is 0. The third-order valence-corrected chi connectivity index (χ3v) is 4.13. The van der Waals surface area contributed by atoms with Crippen LogP contribution in [-0.2, 0) is 11.3 Å². The second kappa shape index (κ2) is 11.7. The van der Waals surface area contributed by atoms with Crippen molar-refractivity contribution in [2.45, 2.75) is 45.6 Å². The molecule has 1 saturated carbocycles. The Morgan fingerprint density at radius 2 is 2.16 bits per heavy atom. The molecule has 25 heavy (non-hydrogen) atoms. The fourth-order valence-electron chi connectivity index (χ4n) is 2.49. The van der Waals surface area contributed by atoms with Crippen molar-refractivity contribution in [2.24, 2.45) is 10.9 Å². The number of unbranched alkanes of at least 4 members (excludes halogenated alkanes) is 1. The van der Waals surface area contributed by atoms with Crippen molar-refractivity contribution in [2.75, 3.05) is 32.8 Å². The Morgan fingerprint density at radius 1 is 1.28 bits per heavy atom. The van der Waals surface area contributed by atoms with Crippen molar-refractivity contribution in [3.05, 3.63) is 34.7 Å². The Labute approximate surface area is 150 Å². The van der Waals surface area contributed by atoms with E-state index in [1.165, 1.54) is 12.8 Å². The van der Waals surface area contributed by atoms with E-state index in [2.05, 4.69) is 22.5 Å². The summed E-state index contributed by atoms with van der Waals surface area (Å²) in [5.74, 6) is 1.69. The normalized spacial score (nSPS) is 14.5. The van der Waals surface area contributed by atoms with E-state index < -0.39 is 0 Å². The molecule has 0 unspecified atom stereocenters. The Bertz CT molecular complexity index is 567. The Hall–Kier alpha value is -1.82. The molecule has 1 aliphatic rings. The van der Waals surface area contributed by atoms with E-state index in [9.17, 15) is 4.79 Å². The molecule has 1 aromatic rings. The van der Waals surface area contributed by atoms with Crippen LogP contribution in [0.15, 0.2) is 34.2 Å². The zero-order valence-electron chi connectivity index (χ0n) is 15.4. The number of aliphatic imine (C=N–C) groups is 1. The van der Waals surface area contributed by atoms with Gasteiger partial charge in [-0.1, -0.05) is 6.07 Å². The molecular formula is C19H32N4O2. The molecule has 1 aromatic heterocycles. The molecule has 0 amide bonds. The molecule has 0 spiro atoms. The van der Waals surface area contributed by atoms with Gasteiger partial charge in [0, 0.05) is 51.7 Å². The van der Waals surface area contributed by atoms with Gasteiger partial charge in [-0.3, -0.25) is 9.79 Å². The number of pyridine rings is 1. The highest BCUT2D eigenvalue weighted by Crippen LogP contribution is 2.28. The summed E-state index contributed by atoms with van der Waals surface area (Å²) in [5, 5.41) is 6.61. The van der Waals surface area contributed by atoms with Crippen LogP contribution in [0.4, 0.5) is 0 Å². The smallest absolute Gasteiger partial charge is 0.250 e. The molecule has 2 N–H and O–H groups in total. The maximum atomic E-state index is 11.6. The van der Waals surface area contributed by atoms with Gasteiger partial charge in [0.1, 0.15) is 0 Å². The van der Waals surface area contributed by atoms with Crippen molar-refractivity contribution in [3.8, 4) is 0 Å². The van der Waals surface area contributed by atoms with Crippen molar-refractivity contribution >= 4 is 5.96 Å². The highest BCUT2D eigenvalue weighted by atomic mass is 16.5. The number of ether oxygens (including phenoxy) is 1. The molecular weight excluding hydrogens is 316 g/mol. The monoisotopic (exact) mass is 348 g/mol. The lowest BCUT2D eigenvalue weighted by Gasteiger charge is -2.11. The van der Waals surface area contributed by atoms with Gasteiger partial charge < -0.3 is 19.9 Å². The zero-order chi connectivity index (χ0) is 17.7. The highest BCUT2D eigenvalue weighted by Gasteiger charge is 2.20. The Balaban J connectivity index is 1.55. The second-order valence-corrected chi connectivity index (χ2v) is 6.50. The van der Waals surface area contributed by atoms with Gasteiger partial charge in [-0.2, -0.15) is 0 Å². The highest BCUT2D eigenvalue weighted by molar-refractivity contribution is 5.79. The molecule has 140 valence electrons. The fraction of sp³-hybridized carbons (Fsp3) is 0.684. The van der Waals surface area contributed by atoms with Crippen LogP contribution in [0.2, 0.25) is 0 Å². The maximum Gasteiger partial charge on any atom is 0.250 e. The number of nitrogens with zero attached hydrogens (tertiary/aromatic N) is 2. The van der Waals surface area contributed by atoms with Gasteiger partial charge in [0.2, 0.25) is 5.56 Å². The number of guanidine groups is 1. The van der Waals surface area contributed by atoms with Crippen LogP contribution in [0.5, 0.6) is 0 Å². The predicted octanol–water partition coefficient (Wildman–Crippen LogP) is 2.00. The average Bonchev–Trinajstić information content (AvgIpc) is 3.43. The van der Waals surface area contributed by atoms with Crippen LogP contribution in [-0.4, -0.2) is 43.4 Å². The van der Waals surface area contributed by atoms with Crippen molar-refractivity contribution in [3.63, 3.8) is 0 Å². The van der Waals surface area contributed by atoms with Gasteiger partial charge in [0.25, 0.3) is 0 Å². The molecule has 1 fully saturated rings. The van der Waals surface area contributed by atoms with Crippen LogP contribution >= 0.6 is 0 Å².